The Morgan fingerprint density at radius 2 is 1.06 bits per heavy atom. The summed E-state index contributed by atoms with van der Waals surface area (Å²) < 4.78 is 0. The molecule has 0 amide bonds. The first kappa shape index (κ1) is 26.1. The Labute approximate surface area is 208 Å². The molecule has 0 aliphatic heterocycles. The number of unbranched alkanes of at least 4 members (excludes halogenated alkanes) is 1. The lowest BCUT2D eigenvalue weighted by Gasteiger charge is -2.50. The fourth-order valence-corrected chi connectivity index (χ4v) is 9.41. The molecule has 4 rings (SSSR count). The maximum Gasteiger partial charge on any atom is -0.0266 e. The molecule has 0 bridgehead atoms. The molecule has 0 aromatic carbocycles. The van der Waals surface area contributed by atoms with Crippen LogP contribution in [0, 0.1) is 40.9 Å². The fourth-order valence-electron chi connectivity index (χ4n) is 9.41. The minimum atomic E-state index is 0.761. The van der Waals surface area contributed by atoms with Crippen molar-refractivity contribution in [2.24, 2.45) is 40.9 Å². The summed E-state index contributed by atoms with van der Waals surface area (Å²) in [5.41, 5.74) is 0.761. The average molecular weight is 457 g/mol. The van der Waals surface area contributed by atoms with E-state index in [1.807, 2.05) is 0 Å². The zero-order valence-corrected chi connectivity index (χ0v) is 22.9. The van der Waals surface area contributed by atoms with Crippen LogP contribution in [-0.2, 0) is 0 Å². The second-order valence-corrected chi connectivity index (χ2v) is 13.8. The zero-order valence-electron chi connectivity index (χ0n) is 22.9. The number of hydrogen-bond donors (Lipinski definition) is 0. The van der Waals surface area contributed by atoms with Gasteiger partial charge in [0.05, 0.1) is 0 Å². The van der Waals surface area contributed by atoms with E-state index in [1.165, 1.54) is 38.5 Å². The van der Waals surface area contributed by atoms with Crippen molar-refractivity contribution >= 4 is 0 Å². The first-order chi connectivity index (χ1) is 16.2. The average Bonchev–Trinajstić information content (AvgIpc) is 2.87. The van der Waals surface area contributed by atoms with Gasteiger partial charge in [0, 0.05) is 0 Å². The first-order valence-electron chi connectivity index (χ1n) is 16.2. The van der Waals surface area contributed by atoms with Crippen molar-refractivity contribution in [1.29, 1.82) is 0 Å². The standard InChI is InChI=1S/C33H60/c1-3-5-10-28-15-19-31(20-16-28)26-33(32-11-7-6-8-12-32)23-21-30(22-24-33)25-29-17-13-27(9-4-2)14-18-29/h27-32H,3-26H2,1-2H3. The van der Waals surface area contributed by atoms with Crippen LogP contribution >= 0.6 is 0 Å². The van der Waals surface area contributed by atoms with Gasteiger partial charge in [-0.2, -0.15) is 0 Å². The Balaban J connectivity index is 1.27. The van der Waals surface area contributed by atoms with E-state index in [0.29, 0.717) is 0 Å². The lowest BCUT2D eigenvalue weighted by Crippen LogP contribution is -2.39. The Hall–Kier alpha value is 0. The summed E-state index contributed by atoms with van der Waals surface area (Å²) in [5, 5.41) is 0. The molecule has 4 saturated carbocycles. The van der Waals surface area contributed by atoms with Crippen LogP contribution < -0.4 is 0 Å². The molecule has 0 atom stereocenters. The van der Waals surface area contributed by atoms with E-state index in [9.17, 15) is 0 Å². The van der Waals surface area contributed by atoms with E-state index >= 15 is 0 Å². The predicted octanol–water partition coefficient (Wildman–Crippen LogP) is 11.1. The maximum absolute atomic E-state index is 2.38. The second-order valence-electron chi connectivity index (χ2n) is 13.8. The van der Waals surface area contributed by atoms with E-state index < -0.39 is 0 Å². The van der Waals surface area contributed by atoms with Crippen LogP contribution in [0.15, 0.2) is 0 Å². The normalized spacial score (nSPS) is 38.9. The smallest absolute Gasteiger partial charge is 0.0266 e. The van der Waals surface area contributed by atoms with E-state index in [2.05, 4.69) is 13.8 Å². The number of rotatable bonds is 10. The van der Waals surface area contributed by atoms with Crippen LogP contribution in [0.25, 0.3) is 0 Å². The summed E-state index contributed by atoms with van der Waals surface area (Å²) in [6, 6.07) is 0. The molecular weight excluding hydrogens is 396 g/mol. The summed E-state index contributed by atoms with van der Waals surface area (Å²) in [6.45, 7) is 4.75. The summed E-state index contributed by atoms with van der Waals surface area (Å²) >= 11 is 0. The Morgan fingerprint density at radius 1 is 0.515 bits per heavy atom. The van der Waals surface area contributed by atoms with E-state index in [1.54, 1.807) is 116 Å². The molecular formula is C33H60. The van der Waals surface area contributed by atoms with Crippen LogP contribution in [0.3, 0.4) is 0 Å². The van der Waals surface area contributed by atoms with Crippen LogP contribution in [0.1, 0.15) is 168 Å². The van der Waals surface area contributed by atoms with Crippen molar-refractivity contribution in [3.63, 3.8) is 0 Å². The van der Waals surface area contributed by atoms with Crippen molar-refractivity contribution in [2.45, 2.75) is 168 Å². The van der Waals surface area contributed by atoms with Crippen LogP contribution in [0.5, 0.6) is 0 Å². The predicted molar refractivity (Wildman–Crippen MR) is 146 cm³/mol. The Kier molecular flexibility index (Phi) is 10.5. The third-order valence-corrected chi connectivity index (χ3v) is 11.5. The molecule has 0 spiro atoms. The molecule has 0 aromatic heterocycles. The quantitative estimate of drug-likeness (QED) is 0.306. The van der Waals surface area contributed by atoms with Gasteiger partial charge in [-0.05, 0) is 92.3 Å². The first-order valence-corrected chi connectivity index (χ1v) is 16.2. The monoisotopic (exact) mass is 456 g/mol. The molecule has 0 aromatic rings. The van der Waals surface area contributed by atoms with Gasteiger partial charge in [-0.3, -0.25) is 0 Å². The van der Waals surface area contributed by atoms with Crippen molar-refractivity contribution in [1.82, 2.24) is 0 Å². The van der Waals surface area contributed by atoms with Gasteiger partial charge >= 0.3 is 0 Å². The van der Waals surface area contributed by atoms with Gasteiger partial charge in [-0.15, -0.1) is 0 Å². The Morgan fingerprint density at radius 3 is 1.67 bits per heavy atom. The lowest BCUT2D eigenvalue weighted by molar-refractivity contribution is 0.0102. The molecule has 0 N–H and O–H groups in total. The third-order valence-electron chi connectivity index (χ3n) is 11.5. The lowest BCUT2D eigenvalue weighted by atomic mass is 9.55. The van der Waals surface area contributed by atoms with Crippen molar-refractivity contribution in [3.05, 3.63) is 0 Å². The SMILES string of the molecule is CCCCC1CCC(CC2(C3CCCCC3)CCC(CC3CCC(CCC)CC3)CC2)CC1. The Bertz CT molecular complexity index is 504. The van der Waals surface area contributed by atoms with Gasteiger partial charge in [0.1, 0.15) is 0 Å². The molecule has 0 nitrogen and oxygen atoms in total. The van der Waals surface area contributed by atoms with Gasteiger partial charge in [0.2, 0.25) is 0 Å². The molecule has 0 radical (unpaired) electrons. The zero-order chi connectivity index (χ0) is 22.9. The molecule has 192 valence electrons. The van der Waals surface area contributed by atoms with Gasteiger partial charge in [0.15, 0.2) is 0 Å². The van der Waals surface area contributed by atoms with Crippen LogP contribution in [0.2, 0.25) is 0 Å². The van der Waals surface area contributed by atoms with E-state index in [-0.39, 0.29) is 0 Å². The molecule has 0 saturated heterocycles. The highest BCUT2D eigenvalue weighted by Gasteiger charge is 2.44. The van der Waals surface area contributed by atoms with E-state index in [0.717, 1.165) is 40.9 Å². The maximum atomic E-state index is 2.38. The highest BCUT2D eigenvalue weighted by molar-refractivity contribution is 4.95. The van der Waals surface area contributed by atoms with Gasteiger partial charge < -0.3 is 0 Å². The second kappa shape index (κ2) is 13.3. The molecule has 0 unspecified atom stereocenters. The molecule has 4 aliphatic carbocycles. The molecule has 4 aliphatic rings. The molecule has 0 heterocycles. The number of hydrogen-bond acceptors (Lipinski definition) is 0. The molecule has 33 heavy (non-hydrogen) atoms. The minimum absolute atomic E-state index is 0.761. The van der Waals surface area contributed by atoms with Crippen molar-refractivity contribution in [2.75, 3.05) is 0 Å². The summed E-state index contributed by atoms with van der Waals surface area (Å²) in [7, 11) is 0. The summed E-state index contributed by atoms with van der Waals surface area (Å²) in [5.74, 6) is 6.50. The largest absolute Gasteiger partial charge is 0.0654 e. The van der Waals surface area contributed by atoms with Crippen molar-refractivity contribution < 1.29 is 0 Å². The van der Waals surface area contributed by atoms with Gasteiger partial charge in [0.25, 0.3) is 0 Å². The molecule has 4 fully saturated rings. The fraction of sp³-hybridized carbons (Fsp3) is 1.00. The highest BCUT2D eigenvalue weighted by Crippen LogP contribution is 2.55. The third kappa shape index (κ3) is 7.49. The van der Waals surface area contributed by atoms with Gasteiger partial charge in [-0.1, -0.05) is 117 Å². The highest BCUT2D eigenvalue weighted by atomic mass is 14.5. The van der Waals surface area contributed by atoms with Gasteiger partial charge in [-0.25, -0.2) is 0 Å². The van der Waals surface area contributed by atoms with Crippen LogP contribution in [0.4, 0.5) is 0 Å². The topological polar surface area (TPSA) is 0 Å². The van der Waals surface area contributed by atoms with Crippen molar-refractivity contribution in [3.8, 4) is 0 Å². The minimum Gasteiger partial charge on any atom is -0.0654 e. The van der Waals surface area contributed by atoms with E-state index in [4.69, 9.17) is 0 Å². The summed E-state index contributed by atoms with van der Waals surface area (Å²) in [4.78, 5) is 0. The molecule has 0 heteroatoms. The van der Waals surface area contributed by atoms with Crippen LogP contribution in [-0.4, -0.2) is 0 Å². The summed E-state index contributed by atoms with van der Waals surface area (Å²) in [6.07, 6.45) is 37.2.